The second kappa shape index (κ2) is 10.1. The van der Waals surface area contributed by atoms with Crippen LogP contribution in [0.3, 0.4) is 0 Å². The first-order valence-corrected chi connectivity index (χ1v) is 15.6. The van der Waals surface area contributed by atoms with E-state index in [0.29, 0.717) is 40.4 Å². The van der Waals surface area contributed by atoms with E-state index in [0.717, 1.165) is 49.2 Å². The van der Waals surface area contributed by atoms with Crippen molar-refractivity contribution in [2.24, 2.45) is 13.0 Å². The van der Waals surface area contributed by atoms with E-state index in [-0.39, 0.29) is 29.2 Å². The first kappa shape index (κ1) is 26.6. The molecule has 1 saturated carbocycles. The van der Waals surface area contributed by atoms with E-state index in [1.165, 1.54) is 6.26 Å². The van der Waals surface area contributed by atoms with Gasteiger partial charge in [0.15, 0.2) is 15.5 Å². The van der Waals surface area contributed by atoms with Crippen LogP contribution in [0.2, 0.25) is 0 Å². The summed E-state index contributed by atoms with van der Waals surface area (Å²) in [5, 5.41) is 7.86. The first-order chi connectivity index (χ1) is 19.1. The number of aryl methyl sites for hydroxylation is 3. The largest absolute Gasteiger partial charge is 0.358 e. The van der Waals surface area contributed by atoms with Gasteiger partial charge >= 0.3 is 0 Å². The van der Waals surface area contributed by atoms with Crippen molar-refractivity contribution in [2.75, 3.05) is 18.2 Å². The summed E-state index contributed by atoms with van der Waals surface area (Å²) in [6.07, 6.45) is 7.92. The highest BCUT2D eigenvalue weighted by molar-refractivity contribution is 7.90. The second-order valence-corrected chi connectivity index (χ2v) is 13.0. The summed E-state index contributed by atoms with van der Waals surface area (Å²) >= 11 is 0. The van der Waals surface area contributed by atoms with Gasteiger partial charge in [-0.05, 0) is 69.7 Å². The van der Waals surface area contributed by atoms with Crippen LogP contribution in [0.15, 0.2) is 35.4 Å². The van der Waals surface area contributed by atoms with Gasteiger partial charge in [0.05, 0.1) is 27.7 Å². The average Bonchev–Trinajstić information content (AvgIpc) is 3.63. The molecular weight excluding hydrogens is 528 g/mol. The molecule has 0 bridgehead atoms. The summed E-state index contributed by atoms with van der Waals surface area (Å²) in [6.45, 7) is 4.54. The van der Waals surface area contributed by atoms with Crippen molar-refractivity contribution < 1.29 is 17.9 Å². The first-order valence-electron chi connectivity index (χ1n) is 13.7. The number of carbonyl (C=O) groups is 1. The monoisotopic (exact) mass is 562 g/mol. The number of aromatic nitrogens is 5. The maximum Gasteiger partial charge on any atom is 0.177 e. The summed E-state index contributed by atoms with van der Waals surface area (Å²) in [6, 6.07) is 7.10. The van der Waals surface area contributed by atoms with E-state index < -0.39 is 9.84 Å². The van der Waals surface area contributed by atoms with Crippen molar-refractivity contribution in [3.63, 3.8) is 0 Å². The van der Waals surface area contributed by atoms with E-state index in [4.69, 9.17) is 14.7 Å². The molecule has 11 heteroatoms. The number of benzene rings is 1. The molecule has 1 unspecified atom stereocenters. The average molecular weight is 563 g/mol. The molecule has 1 aliphatic heterocycles. The second-order valence-electron chi connectivity index (χ2n) is 11.0. The Hall–Kier alpha value is -3.57. The molecule has 2 aliphatic rings. The Kier molecular flexibility index (Phi) is 6.74. The molecule has 1 N–H and O–H groups in total. The molecule has 0 amide bonds. The van der Waals surface area contributed by atoms with Crippen LogP contribution in [-0.2, 0) is 32.8 Å². The van der Waals surface area contributed by atoms with Gasteiger partial charge in [0.2, 0.25) is 0 Å². The number of carbonyl (C=O) groups excluding carboxylic acids is 1. The van der Waals surface area contributed by atoms with Crippen LogP contribution in [0.25, 0.3) is 22.4 Å². The minimum absolute atomic E-state index is 0.113. The van der Waals surface area contributed by atoms with Gasteiger partial charge < -0.3 is 10.1 Å². The highest BCUT2D eigenvalue weighted by Gasteiger charge is 2.30. The normalized spacial score (nSPS) is 17.9. The van der Waals surface area contributed by atoms with Gasteiger partial charge in [0.25, 0.3) is 0 Å². The van der Waals surface area contributed by atoms with E-state index >= 15 is 0 Å². The van der Waals surface area contributed by atoms with Crippen LogP contribution >= 0.6 is 0 Å². The number of fused-ring (bicyclic) bond motifs is 1. The number of ketones is 1. The van der Waals surface area contributed by atoms with Crippen molar-refractivity contribution in [1.82, 2.24) is 24.3 Å². The highest BCUT2D eigenvalue weighted by Crippen LogP contribution is 2.36. The number of nitrogens with one attached hydrogen (secondary N) is 1. The number of anilines is 2. The maximum atomic E-state index is 13.0. The van der Waals surface area contributed by atoms with E-state index in [2.05, 4.69) is 10.4 Å². The molecule has 1 saturated heterocycles. The molecule has 2 fully saturated rings. The van der Waals surface area contributed by atoms with Crippen LogP contribution in [0.5, 0.6) is 0 Å². The smallest absolute Gasteiger partial charge is 0.177 e. The minimum atomic E-state index is -3.61. The Morgan fingerprint density at radius 2 is 1.90 bits per heavy atom. The van der Waals surface area contributed by atoms with Crippen molar-refractivity contribution in [2.45, 2.75) is 63.5 Å². The lowest BCUT2D eigenvalue weighted by molar-refractivity contribution is -0.119. The predicted octanol–water partition coefficient (Wildman–Crippen LogP) is 4.82. The van der Waals surface area contributed by atoms with Gasteiger partial charge in [-0.3, -0.25) is 14.0 Å². The number of sulfone groups is 1. The quantitative estimate of drug-likeness (QED) is 0.325. The zero-order valence-electron chi connectivity index (χ0n) is 23.3. The van der Waals surface area contributed by atoms with Gasteiger partial charge in [0.1, 0.15) is 23.4 Å². The third-order valence-corrected chi connectivity index (χ3v) is 8.78. The van der Waals surface area contributed by atoms with E-state index in [1.54, 1.807) is 16.8 Å². The van der Waals surface area contributed by atoms with Crippen molar-refractivity contribution >= 4 is 38.2 Å². The van der Waals surface area contributed by atoms with Gasteiger partial charge in [-0.25, -0.2) is 18.4 Å². The number of Topliss-reactive ketones (excluding diaryl/α,β-unsaturated/α-hetero) is 1. The lowest BCUT2D eigenvalue weighted by Gasteiger charge is -2.25. The molecule has 1 aromatic carbocycles. The highest BCUT2D eigenvalue weighted by atomic mass is 32.2. The predicted molar refractivity (Wildman–Crippen MR) is 152 cm³/mol. The fourth-order valence-corrected chi connectivity index (χ4v) is 6.39. The topological polar surface area (TPSA) is 121 Å². The van der Waals surface area contributed by atoms with Crippen LogP contribution in [0.4, 0.5) is 11.4 Å². The van der Waals surface area contributed by atoms with Crippen molar-refractivity contribution in [3.8, 4) is 11.3 Å². The summed E-state index contributed by atoms with van der Waals surface area (Å²) in [5.41, 5.74) is 5.30. The number of nitrogens with zero attached hydrogens (tertiary/aromatic N) is 5. The molecule has 10 nitrogen and oxygen atoms in total. The number of hydrogen-bond acceptors (Lipinski definition) is 8. The van der Waals surface area contributed by atoms with Crippen LogP contribution in [-0.4, -0.2) is 51.4 Å². The minimum Gasteiger partial charge on any atom is -0.358 e. The van der Waals surface area contributed by atoms with Gasteiger partial charge in [0, 0.05) is 44.0 Å². The van der Waals surface area contributed by atoms with E-state index in [9.17, 15) is 13.2 Å². The van der Waals surface area contributed by atoms with Gasteiger partial charge in [-0.15, -0.1) is 0 Å². The third-order valence-electron chi connectivity index (χ3n) is 7.65. The summed E-state index contributed by atoms with van der Waals surface area (Å²) < 4.78 is 35.8. The van der Waals surface area contributed by atoms with Crippen LogP contribution in [0, 0.1) is 19.8 Å². The fraction of sp³-hybridized carbons (Fsp3) is 0.448. The fourth-order valence-electron chi connectivity index (χ4n) is 5.53. The van der Waals surface area contributed by atoms with Gasteiger partial charge in [-0.1, -0.05) is 6.07 Å². The molecule has 6 rings (SSSR count). The summed E-state index contributed by atoms with van der Waals surface area (Å²) in [4.78, 5) is 22.6. The molecular formula is C29H34N6O4S. The number of rotatable bonds is 8. The molecule has 4 heterocycles. The van der Waals surface area contributed by atoms with Crippen LogP contribution < -0.4 is 5.32 Å². The Balaban J connectivity index is 1.47. The lowest BCUT2D eigenvalue weighted by atomic mass is 10.1. The SMILES string of the molecule is Cc1cn(C)nc1-c1ccc(Nc2cc(CC(=O)C3CC3)nc3c2nc(C)n3C2CCCCO2)c(S(C)(=O)=O)c1. The Morgan fingerprint density at radius 3 is 2.55 bits per heavy atom. The molecule has 210 valence electrons. The van der Waals surface area contributed by atoms with E-state index in [1.807, 2.05) is 43.8 Å². The third kappa shape index (κ3) is 5.15. The maximum absolute atomic E-state index is 13.0. The van der Waals surface area contributed by atoms with Crippen LogP contribution in [0.1, 0.15) is 55.4 Å². The Morgan fingerprint density at radius 1 is 1.10 bits per heavy atom. The van der Waals surface area contributed by atoms with Crippen molar-refractivity contribution in [3.05, 3.63) is 47.5 Å². The molecule has 0 spiro atoms. The molecule has 40 heavy (non-hydrogen) atoms. The molecule has 1 atom stereocenters. The molecule has 0 radical (unpaired) electrons. The number of imidazole rings is 1. The standard InChI is InChI=1S/C29H34N6O4S/c1-17-16-34(3)33-27(17)20-10-11-22(25(13-20)40(4,37)38)32-23-14-21(15-24(36)19-8-9-19)31-29-28(23)30-18(2)35(29)26-7-5-6-12-39-26/h10-11,13-14,16,19,26H,5-9,12,15H2,1-4H3,(H,31,32). The summed E-state index contributed by atoms with van der Waals surface area (Å²) in [5.74, 6) is 1.05. The molecule has 4 aromatic rings. The Bertz CT molecular complexity index is 1730. The number of hydrogen-bond donors (Lipinski definition) is 1. The van der Waals surface area contributed by atoms with Crippen molar-refractivity contribution in [1.29, 1.82) is 0 Å². The number of pyridine rings is 1. The molecule has 1 aliphatic carbocycles. The zero-order chi connectivity index (χ0) is 28.2. The van der Waals surface area contributed by atoms with Gasteiger partial charge in [-0.2, -0.15) is 5.10 Å². The lowest BCUT2D eigenvalue weighted by Crippen LogP contribution is -2.19. The number of ether oxygens (including phenoxy) is 1. The molecule has 3 aromatic heterocycles. The zero-order valence-corrected chi connectivity index (χ0v) is 24.1. The Labute approximate surface area is 233 Å². The summed E-state index contributed by atoms with van der Waals surface area (Å²) in [7, 11) is -1.77.